The van der Waals surface area contributed by atoms with Crippen LogP contribution in [0.1, 0.15) is 52.9 Å². The highest BCUT2D eigenvalue weighted by Crippen LogP contribution is 2.23. The molecule has 1 amide bonds. The Morgan fingerprint density at radius 3 is 2.61 bits per heavy atom. The molecule has 1 saturated carbocycles. The molecule has 0 spiro atoms. The molecule has 1 aliphatic carbocycles. The van der Waals surface area contributed by atoms with Crippen molar-refractivity contribution in [3.8, 4) is 0 Å². The molecule has 1 aromatic rings. The number of carboxylic acid groups (broad SMARTS) is 1. The number of amides is 1. The van der Waals surface area contributed by atoms with Crippen LogP contribution in [0, 0.1) is 5.92 Å². The Morgan fingerprint density at radius 2 is 2.06 bits per heavy atom. The van der Waals surface area contributed by atoms with E-state index in [2.05, 4.69) is 17.2 Å². The van der Waals surface area contributed by atoms with Gasteiger partial charge >= 0.3 is 5.97 Å². The first-order valence-corrected chi connectivity index (χ1v) is 6.94. The Balaban J connectivity index is 1.93. The number of carboxylic acids is 1. The van der Waals surface area contributed by atoms with Crippen LogP contribution in [-0.4, -0.2) is 28.0 Å². The van der Waals surface area contributed by atoms with Gasteiger partial charge < -0.3 is 10.4 Å². The quantitative estimate of drug-likeness (QED) is 0.880. The second-order valence-corrected chi connectivity index (χ2v) is 5.63. The van der Waals surface area contributed by atoms with Gasteiger partial charge in [0, 0.05) is 11.4 Å². The van der Waals surface area contributed by atoms with Crippen molar-refractivity contribution in [2.75, 3.05) is 0 Å². The zero-order chi connectivity index (χ0) is 13.1. The van der Waals surface area contributed by atoms with Crippen molar-refractivity contribution in [3.63, 3.8) is 0 Å². The minimum atomic E-state index is -1.10. The van der Waals surface area contributed by atoms with Gasteiger partial charge in [0.15, 0.2) is 10.7 Å². The van der Waals surface area contributed by atoms with Gasteiger partial charge in [-0.05, 0) is 31.6 Å². The van der Waals surface area contributed by atoms with Crippen LogP contribution in [0.25, 0.3) is 0 Å². The smallest absolute Gasteiger partial charge is 0.355 e. The van der Waals surface area contributed by atoms with Crippen molar-refractivity contribution in [1.29, 1.82) is 0 Å². The fourth-order valence-corrected chi connectivity index (χ4v) is 2.82. The van der Waals surface area contributed by atoms with E-state index in [4.69, 9.17) is 5.11 Å². The summed E-state index contributed by atoms with van der Waals surface area (Å²) >= 11 is 1.07. The van der Waals surface area contributed by atoms with Crippen molar-refractivity contribution in [3.05, 3.63) is 16.1 Å². The standard InChI is InChI=1S/C12H16N2O3S/c1-7-2-4-8(5-3-7)13-10(15)11-14-9(6-18-11)12(16)17/h6-8H,2-5H2,1H3,(H,13,15)(H,16,17). The van der Waals surface area contributed by atoms with Crippen LogP contribution in [-0.2, 0) is 0 Å². The lowest BCUT2D eigenvalue weighted by Gasteiger charge is -2.26. The van der Waals surface area contributed by atoms with Crippen LogP contribution in [0.2, 0.25) is 0 Å². The number of nitrogens with zero attached hydrogens (tertiary/aromatic N) is 1. The van der Waals surface area contributed by atoms with Crippen LogP contribution >= 0.6 is 11.3 Å². The molecule has 2 N–H and O–H groups in total. The molecule has 0 aliphatic heterocycles. The summed E-state index contributed by atoms with van der Waals surface area (Å²) in [5.74, 6) is -0.625. The Bertz CT molecular complexity index is 450. The number of carbonyl (C=O) groups is 2. The van der Waals surface area contributed by atoms with Crippen molar-refractivity contribution in [2.24, 2.45) is 5.92 Å². The third-order valence-electron chi connectivity index (χ3n) is 3.27. The molecule has 1 heterocycles. The van der Waals surface area contributed by atoms with Crippen molar-refractivity contribution >= 4 is 23.2 Å². The van der Waals surface area contributed by atoms with Gasteiger partial charge in [0.05, 0.1) is 0 Å². The number of thiazole rings is 1. The van der Waals surface area contributed by atoms with E-state index in [0.29, 0.717) is 0 Å². The minimum Gasteiger partial charge on any atom is -0.476 e. The van der Waals surface area contributed by atoms with E-state index in [1.54, 1.807) is 0 Å². The highest BCUT2D eigenvalue weighted by molar-refractivity contribution is 7.11. The van der Waals surface area contributed by atoms with E-state index in [0.717, 1.165) is 42.9 Å². The van der Waals surface area contributed by atoms with Gasteiger partial charge in [0.2, 0.25) is 0 Å². The van der Waals surface area contributed by atoms with Gasteiger partial charge in [0.25, 0.3) is 5.91 Å². The van der Waals surface area contributed by atoms with E-state index in [1.807, 2.05) is 0 Å². The predicted octanol–water partition coefficient (Wildman–Crippen LogP) is 2.15. The van der Waals surface area contributed by atoms with Gasteiger partial charge in [-0.1, -0.05) is 6.92 Å². The Labute approximate surface area is 109 Å². The second kappa shape index (κ2) is 5.48. The van der Waals surface area contributed by atoms with E-state index in [9.17, 15) is 9.59 Å². The molecular formula is C12H16N2O3S. The monoisotopic (exact) mass is 268 g/mol. The van der Waals surface area contributed by atoms with Crippen LogP contribution in [0.3, 0.4) is 0 Å². The van der Waals surface area contributed by atoms with E-state index >= 15 is 0 Å². The van der Waals surface area contributed by atoms with Crippen LogP contribution in [0.5, 0.6) is 0 Å². The molecule has 0 unspecified atom stereocenters. The van der Waals surface area contributed by atoms with Crippen LogP contribution in [0.15, 0.2) is 5.38 Å². The summed E-state index contributed by atoms with van der Waals surface area (Å²) in [5, 5.41) is 13.3. The molecule has 6 heteroatoms. The molecule has 1 aliphatic rings. The van der Waals surface area contributed by atoms with Crippen LogP contribution in [0.4, 0.5) is 0 Å². The molecular weight excluding hydrogens is 252 g/mol. The highest BCUT2D eigenvalue weighted by Gasteiger charge is 2.22. The average Bonchev–Trinajstić information content (AvgIpc) is 2.81. The molecule has 1 fully saturated rings. The zero-order valence-corrected chi connectivity index (χ0v) is 11.0. The summed E-state index contributed by atoms with van der Waals surface area (Å²) < 4.78 is 0. The van der Waals surface area contributed by atoms with E-state index in [-0.39, 0.29) is 22.7 Å². The lowest BCUT2D eigenvalue weighted by molar-refractivity contribution is 0.0691. The first-order valence-electron chi connectivity index (χ1n) is 6.06. The number of aromatic nitrogens is 1. The van der Waals surface area contributed by atoms with Gasteiger partial charge in [-0.25, -0.2) is 9.78 Å². The largest absolute Gasteiger partial charge is 0.476 e. The SMILES string of the molecule is CC1CCC(NC(=O)c2nc(C(=O)O)cs2)CC1. The fraction of sp³-hybridized carbons (Fsp3) is 0.583. The fourth-order valence-electron chi connectivity index (χ4n) is 2.13. The third kappa shape index (κ3) is 3.07. The van der Waals surface area contributed by atoms with E-state index < -0.39 is 5.97 Å². The van der Waals surface area contributed by atoms with Gasteiger partial charge in [0.1, 0.15) is 0 Å². The summed E-state index contributed by atoms with van der Waals surface area (Å²) in [5.41, 5.74) is -0.0672. The number of hydrogen-bond donors (Lipinski definition) is 2. The summed E-state index contributed by atoms with van der Waals surface area (Å²) in [6, 6.07) is 0.200. The number of hydrogen-bond acceptors (Lipinski definition) is 4. The van der Waals surface area contributed by atoms with E-state index in [1.165, 1.54) is 5.38 Å². The molecule has 98 valence electrons. The van der Waals surface area contributed by atoms with Crippen molar-refractivity contribution in [1.82, 2.24) is 10.3 Å². The summed E-state index contributed by atoms with van der Waals surface area (Å²) in [6.45, 7) is 2.22. The molecule has 0 aromatic carbocycles. The van der Waals surface area contributed by atoms with Gasteiger partial charge in [-0.15, -0.1) is 11.3 Å². The van der Waals surface area contributed by atoms with Crippen molar-refractivity contribution < 1.29 is 14.7 Å². The predicted molar refractivity (Wildman–Crippen MR) is 68.0 cm³/mol. The summed E-state index contributed by atoms with van der Waals surface area (Å²) in [4.78, 5) is 26.3. The number of nitrogens with one attached hydrogen (secondary N) is 1. The molecule has 18 heavy (non-hydrogen) atoms. The Kier molecular flexibility index (Phi) is 3.96. The molecule has 0 radical (unpaired) electrons. The van der Waals surface area contributed by atoms with Crippen molar-refractivity contribution in [2.45, 2.75) is 38.6 Å². The first kappa shape index (κ1) is 13.0. The number of aromatic carboxylic acids is 1. The van der Waals surface area contributed by atoms with Crippen LogP contribution < -0.4 is 5.32 Å². The lowest BCUT2D eigenvalue weighted by Crippen LogP contribution is -2.37. The molecule has 0 atom stereocenters. The average molecular weight is 268 g/mol. The summed E-state index contributed by atoms with van der Waals surface area (Å²) in [7, 11) is 0. The topological polar surface area (TPSA) is 79.3 Å². The molecule has 0 saturated heterocycles. The molecule has 1 aromatic heterocycles. The normalized spacial score (nSPS) is 23.6. The Morgan fingerprint density at radius 1 is 1.39 bits per heavy atom. The minimum absolute atomic E-state index is 0.0672. The summed E-state index contributed by atoms with van der Waals surface area (Å²) in [6.07, 6.45) is 4.24. The highest BCUT2D eigenvalue weighted by atomic mass is 32.1. The molecule has 0 bridgehead atoms. The lowest BCUT2D eigenvalue weighted by atomic mass is 9.87. The van der Waals surface area contributed by atoms with Gasteiger partial charge in [-0.2, -0.15) is 0 Å². The maximum atomic E-state index is 11.9. The second-order valence-electron chi connectivity index (χ2n) is 4.77. The number of rotatable bonds is 3. The molecule has 5 nitrogen and oxygen atoms in total. The van der Waals surface area contributed by atoms with Gasteiger partial charge in [-0.3, -0.25) is 4.79 Å². The number of carbonyl (C=O) groups excluding carboxylic acids is 1. The molecule has 2 rings (SSSR count). The third-order valence-corrected chi connectivity index (χ3v) is 4.11. The maximum Gasteiger partial charge on any atom is 0.355 e. The first-order chi connectivity index (χ1) is 8.56. The zero-order valence-electron chi connectivity index (χ0n) is 10.2. The Hall–Kier alpha value is -1.43. The maximum absolute atomic E-state index is 11.9.